The van der Waals surface area contributed by atoms with Gasteiger partial charge in [-0.2, -0.15) is 0 Å². The van der Waals surface area contributed by atoms with Gasteiger partial charge in [-0.15, -0.1) is 0 Å². The summed E-state index contributed by atoms with van der Waals surface area (Å²) >= 11 is 0. The van der Waals surface area contributed by atoms with Gasteiger partial charge in [0.05, 0.1) is 11.3 Å². The molecule has 2 N–H and O–H groups in total. The molecule has 0 aliphatic carbocycles. The Hall–Kier alpha value is -2.54. The van der Waals surface area contributed by atoms with Gasteiger partial charge in [-0.25, -0.2) is 9.59 Å². The number of nitrogens with one attached hydrogen (secondary N) is 1. The maximum Gasteiger partial charge on any atom is 0.411 e. The van der Waals surface area contributed by atoms with E-state index < -0.39 is 12.1 Å². The number of nitrogens with zero attached hydrogens (tertiary/aromatic N) is 2. The number of likely N-dealkylation sites (N-methyl/N-ethyl adjacent to an activating group) is 1. The highest BCUT2D eigenvalue weighted by Crippen LogP contribution is 2.24. The summed E-state index contributed by atoms with van der Waals surface area (Å²) in [6.45, 7) is 7.04. The van der Waals surface area contributed by atoms with Crippen molar-refractivity contribution in [2.75, 3.05) is 50.1 Å². The molecule has 1 saturated heterocycles. The highest BCUT2D eigenvalue weighted by Gasteiger charge is 2.18. The number of hydrogen-bond acceptors (Lipinski definition) is 5. The minimum absolute atomic E-state index is 0.0389. The average molecular weight is 319 g/mol. The smallest absolute Gasteiger partial charge is 0.411 e. The van der Waals surface area contributed by atoms with Crippen molar-refractivity contribution in [3.8, 4) is 0 Å². The van der Waals surface area contributed by atoms with Gasteiger partial charge in [0.1, 0.15) is 6.61 Å². The minimum Gasteiger partial charge on any atom is -0.478 e. The summed E-state index contributed by atoms with van der Waals surface area (Å²) in [5, 5.41) is 11.8. The lowest BCUT2D eigenvalue weighted by Crippen LogP contribution is -2.44. The molecule has 7 nitrogen and oxygen atoms in total. The van der Waals surface area contributed by atoms with Gasteiger partial charge in [0.2, 0.25) is 0 Å². The molecule has 0 radical (unpaired) electrons. The Kier molecular flexibility index (Phi) is 5.59. The lowest BCUT2D eigenvalue weighted by Gasteiger charge is -2.34. The standard InChI is InChI=1S/C16H21N3O4/c1-3-10-23-16(22)17-14-5-4-12(11-13(14)15(20)21)19-8-6-18(2)7-9-19/h3-5,11H,1,6-10H2,2H3,(H,17,22)(H,20,21). The van der Waals surface area contributed by atoms with Crippen molar-refractivity contribution >= 4 is 23.4 Å². The predicted octanol–water partition coefficient (Wildman–Crippen LogP) is 1.87. The van der Waals surface area contributed by atoms with Gasteiger partial charge in [-0.3, -0.25) is 5.32 Å². The molecular weight excluding hydrogens is 298 g/mol. The number of amides is 1. The normalized spacial score (nSPS) is 15.1. The zero-order chi connectivity index (χ0) is 16.8. The second-order valence-corrected chi connectivity index (χ2v) is 5.34. The van der Waals surface area contributed by atoms with E-state index in [2.05, 4.69) is 28.7 Å². The summed E-state index contributed by atoms with van der Waals surface area (Å²) in [6.07, 6.45) is 0.730. The van der Waals surface area contributed by atoms with Crippen LogP contribution in [0.25, 0.3) is 0 Å². The topological polar surface area (TPSA) is 82.1 Å². The molecule has 0 aromatic heterocycles. The quantitative estimate of drug-likeness (QED) is 0.806. The molecule has 1 heterocycles. The lowest BCUT2D eigenvalue weighted by atomic mass is 10.1. The zero-order valence-corrected chi connectivity index (χ0v) is 13.1. The van der Waals surface area contributed by atoms with Crippen molar-refractivity contribution in [1.29, 1.82) is 0 Å². The minimum atomic E-state index is -1.10. The number of carbonyl (C=O) groups is 2. The molecule has 1 aliphatic rings. The Balaban J connectivity index is 2.16. The highest BCUT2D eigenvalue weighted by atomic mass is 16.5. The van der Waals surface area contributed by atoms with E-state index in [4.69, 9.17) is 4.74 Å². The first kappa shape index (κ1) is 16.8. The second-order valence-electron chi connectivity index (χ2n) is 5.34. The van der Waals surface area contributed by atoms with E-state index in [0.717, 1.165) is 31.9 Å². The first-order valence-electron chi connectivity index (χ1n) is 7.36. The molecule has 1 aliphatic heterocycles. The summed E-state index contributed by atoms with van der Waals surface area (Å²) in [5.74, 6) is -1.10. The Morgan fingerprint density at radius 3 is 2.65 bits per heavy atom. The first-order chi connectivity index (χ1) is 11.0. The number of hydrogen-bond donors (Lipinski definition) is 2. The van der Waals surface area contributed by atoms with Gasteiger partial charge in [0, 0.05) is 31.9 Å². The third kappa shape index (κ3) is 4.46. The van der Waals surface area contributed by atoms with Crippen molar-refractivity contribution < 1.29 is 19.4 Å². The van der Waals surface area contributed by atoms with Crippen LogP contribution in [0.2, 0.25) is 0 Å². The Labute approximate surface area is 135 Å². The van der Waals surface area contributed by atoms with Crippen LogP contribution in [-0.2, 0) is 4.74 Å². The fraction of sp³-hybridized carbons (Fsp3) is 0.375. The van der Waals surface area contributed by atoms with E-state index >= 15 is 0 Å². The first-order valence-corrected chi connectivity index (χ1v) is 7.36. The number of benzene rings is 1. The predicted molar refractivity (Wildman–Crippen MR) is 88.3 cm³/mol. The molecule has 7 heteroatoms. The average Bonchev–Trinajstić information content (AvgIpc) is 2.54. The van der Waals surface area contributed by atoms with Crippen LogP contribution in [0, 0.1) is 0 Å². The van der Waals surface area contributed by atoms with Crippen LogP contribution >= 0.6 is 0 Å². The number of rotatable bonds is 5. The molecule has 124 valence electrons. The van der Waals surface area contributed by atoms with Crippen LogP contribution < -0.4 is 10.2 Å². The summed E-state index contributed by atoms with van der Waals surface area (Å²) in [5.41, 5.74) is 1.09. The molecule has 0 spiro atoms. The van der Waals surface area contributed by atoms with E-state index in [9.17, 15) is 14.7 Å². The molecule has 1 fully saturated rings. The monoisotopic (exact) mass is 319 g/mol. The highest BCUT2D eigenvalue weighted by molar-refractivity contribution is 5.99. The number of carboxylic acids is 1. The van der Waals surface area contributed by atoms with Crippen LogP contribution in [0.4, 0.5) is 16.2 Å². The van der Waals surface area contributed by atoms with Gasteiger partial charge in [-0.1, -0.05) is 12.7 Å². The second kappa shape index (κ2) is 7.64. The largest absolute Gasteiger partial charge is 0.478 e. The summed E-state index contributed by atoms with van der Waals surface area (Å²) in [6, 6.07) is 4.98. The number of aromatic carboxylic acids is 1. The zero-order valence-electron chi connectivity index (χ0n) is 13.1. The third-order valence-corrected chi connectivity index (χ3v) is 3.67. The van der Waals surface area contributed by atoms with Crippen molar-refractivity contribution in [3.05, 3.63) is 36.4 Å². The molecule has 0 unspecified atom stereocenters. The summed E-state index contributed by atoms with van der Waals surface area (Å²) in [4.78, 5) is 27.4. The fourth-order valence-electron chi connectivity index (χ4n) is 2.36. The molecule has 0 bridgehead atoms. The Bertz CT molecular complexity index is 595. The van der Waals surface area contributed by atoms with E-state index in [1.807, 2.05) is 0 Å². The number of ether oxygens (including phenoxy) is 1. The summed E-state index contributed by atoms with van der Waals surface area (Å²) in [7, 11) is 2.06. The molecule has 2 rings (SSSR count). The van der Waals surface area contributed by atoms with E-state index in [1.165, 1.54) is 6.08 Å². The van der Waals surface area contributed by atoms with Crippen molar-refractivity contribution in [2.24, 2.45) is 0 Å². The summed E-state index contributed by atoms with van der Waals surface area (Å²) < 4.78 is 4.81. The Morgan fingerprint density at radius 1 is 1.35 bits per heavy atom. The van der Waals surface area contributed by atoms with Crippen LogP contribution in [-0.4, -0.2) is 61.9 Å². The number of piperazine rings is 1. The molecule has 0 atom stereocenters. The third-order valence-electron chi connectivity index (χ3n) is 3.67. The lowest BCUT2D eigenvalue weighted by molar-refractivity contribution is 0.0698. The SMILES string of the molecule is C=CCOC(=O)Nc1ccc(N2CCN(C)CC2)cc1C(=O)O. The van der Waals surface area contributed by atoms with Crippen LogP contribution in [0.5, 0.6) is 0 Å². The maximum absolute atomic E-state index is 11.6. The van der Waals surface area contributed by atoms with Crippen LogP contribution in [0.3, 0.4) is 0 Å². The molecular formula is C16H21N3O4. The molecule has 1 amide bonds. The fourth-order valence-corrected chi connectivity index (χ4v) is 2.36. The molecule has 1 aromatic rings. The van der Waals surface area contributed by atoms with E-state index in [0.29, 0.717) is 0 Å². The number of anilines is 2. The van der Waals surface area contributed by atoms with E-state index in [-0.39, 0.29) is 17.9 Å². The maximum atomic E-state index is 11.6. The van der Waals surface area contributed by atoms with Crippen molar-refractivity contribution in [3.63, 3.8) is 0 Å². The van der Waals surface area contributed by atoms with Crippen molar-refractivity contribution in [2.45, 2.75) is 0 Å². The van der Waals surface area contributed by atoms with Gasteiger partial charge in [0.25, 0.3) is 0 Å². The molecule has 1 aromatic carbocycles. The molecule has 23 heavy (non-hydrogen) atoms. The number of carbonyl (C=O) groups excluding carboxylic acids is 1. The van der Waals surface area contributed by atoms with Gasteiger partial charge >= 0.3 is 12.1 Å². The molecule has 0 saturated carbocycles. The van der Waals surface area contributed by atoms with Gasteiger partial charge in [0.15, 0.2) is 0 Å². The van der Waals surface area contributed by atoms with Gasteiger partial charge in [-0.05, 0) is 25.2 Å². The van der Waals surface area contributed by atoms with Crippen LogP contribution in [0.1, 0.15) is 10.4 Å². The van der Waals surface area contributed by atoms with E-state index in [1.54, 1.807) is 18.2 Å². The van der Waals surface area contributed by atoms with Gasteiger partial charge < -0.3 is 19.6 Å². The Morgan fingerprint density at radius 2 is 2.04 bits per heavy atom. The van der Waals surface area contributed by atoms with Crippen LogP contribution in [0.15, 0.2) is 30.9 Å². The number of carboxylic acid groups (broad SMARTS) is 1. The van der Waals surface area contributed by atoms with Crippen molar-refractivity contribution in [1.82, 2.24) is 4.90 Å².